The number of anilines is 2. The van der Waals surface area contributed by atoms with Gasteiger partial charge in [0.05, 0.1) is 15.8 Å². The SMILES string of the molecule is C#CCOc1ccc(C=C2C(=O)N(c3ccccc3)C(=O)N(c3ccccc3)C2=O)cc1Br. The first-order valence-electron chi connectivity index (χ1n) is 9.91. The molecule has 1 fully saturated rings. The normalized spacial score (nSPS) is 13.7. The Kier molecular flexibility index (Phi) is 6.38. The van der Waals surface area contributed by atoms with Crippen LogP contribution in [0, 0.1) is 12.3 Å². The monoisotopic (exact) mass is 500 g/mol. The minimum absolute atomic E-state index is 0.107. The van der Waals surface area contributed by atoms with Crippen molar-refractivity contribution in [2.75, 3.05) is 16.4 Å². The Bertz CT molecular complexity index is 1230. The summed E-state index contributed by atoms with van der Waals surface area (Å²) in [5.41, 5.74) is 1.16. The van der Waals surface area contributed by atoms with Gasteiger partial charge in [-0.1, -0.05) is 48.4 Å². The smallest absolute Gasteiger partial charge is 0.343 e. The van der Waals surface area contributed by atoms with Crippen LogP contribution in [-0.4, -0.2) is 24.5 Å². The van der Waals surface area contributed by atoms with E-state index in [1.807, 2.05) is 0 Å². The van der Waals surface area contributed by atoms with E-state index in [4.69, 9.17) is 11.2 Å². The topological polar surface area (TPSA) is 66.9 Å². The van der Waals surface area contributed by atoms with Gasteiger partial charge in [-0.3, -0.25) is 9.59 Å². The summed E-state index contributed by atoms with van der Waals surface area (Å²) in [6.45, 7) is 0.107. The van der Waals surface area contributed by atoms with Crippen molar-refractivity contribution < 1.29 is 19.1 Å². The van der Waals surface area contributed by atoms with E-state index in [0.717, 1.165) is 9.80 Å². The van der Waals surface area contributed by atoms with Crippen molar-refractivity contribution in [2.24, 2.45) is 0 Å². The first-order valence-corrected chi connectivity index (χ1v) is 10.7. The second kappa shape index (κ2) is 9.55. The van der Waals surface area contributed by atoms with Gasteiger partial charge in [0.15, 0.2) is 0 Å². The van der Waals surface area contributed by atoms with Gasteiger partial charge in [-0.2, -0.15) is 0 Å². The van der Waals surface area contributed by atoms with Crippen LogP contribution in [0.5, 0.6) is 5.75 Å². The summed E-state index contributed by atoms with van der Waals surface area (Å²) in [4.78, 5) is 42.0. The molecule has 0 unspecified atom stereocenters. The average Bonchev–Trinajstić information content (AvgIpc) is 2.83. The van der Waals surface area contributed by atoms with Gasteiger partial charge in [-0.15, -0.1) is 6.42 Å². The molecule has 3 aromatic rings. The Labute approximate surface area is 199 Å². The maximum atomic E-state index is 13.4. The van der Waals surface area contributed by atoms with Crippen LogP contribution in [0.3, 0.4) is 0 Å². The van der Waals surface area contributed by atoms with E-state index in [1.165, 1.54) is 6.08 Å². The van der Waals surface area contributed by atoms with Crippen molar-refractivity contribution in [3.63, 3.8) is 0 Å². The number of carbonyl (C=O) groups excluding carboxylic acids is 3. The highest BCUT2D eigenvalue weighted by molar-refractivity contribution is 9.10. The summed E-state index contributed by atoms with van der Waals surface area (Å²) in [6.07, 6.45) is 6.69. The fraction of sp³-hybridized carbons (Fsp3) is 0.0385. The fourth-order valence-electron chi connectivity index (χ4n) is 3.35. The standard InChI is InChI=1S/C26H17BrN2O4/c1-2-15-33-23-14-13-18(17-22(23)27)16-21-24(30)28(19-9-5-3-6-10-19)26(32)29(25(21)31)20-11-7-4-8-12-20/h1,3-14,16-17H,15H2. The van der Waals surface area contributed by atoms with E-state index in [-0.39, 0.29) is 12.2 Å². The minimum atomic E-state index is -0.737. The van der Waals surface area contributed by atoms with E-state index >= 15 is 0 Å². The molecule has 0 spiro atoms. The highest BCUT2D eigenvalue weighted by atomic mass is 79.9. The third kappa shape index (κ3) is 4.43. The lowest BCUT2D eigenvalue weighted by Crippen LogP contribution is -2.57. The highest BCUT2D eigenvalue weighted by Crippen LogP contribution is 2.31. The Morgan fingerprint density at radius 3 is 1.88 bits per heavy atom. The number of hydrogen-bond acceptors (Lipinski definition) is 4. The summed E-state index contributed by atoms with van der Waals surface area (Å²) in [5, 5.41) is 0. The van der Waals surface area contributed by atoms with Gasteiger partial charge in [0, 0.05) is 0 Å². The minimum Gasteiger partial charge on any atom is -0.480 e. The number of benzene rings is 3. The Morgan fingerprint density at radius 1 is 0.848 bits per heavy atom. The third-order valence-electron chi connectivity index (χ3n) is 4.86. The van der Waals surface area contributed by atoms with Crippen LogP contribution in [0.4, 0.5) is 16.2 Å². The molecule has 0 aliphatic carbocycles. The predicted molar refractivity (Wildman–Crippen MR) is 130 cm³/mol. The number of hydrogen-bond donors (Lipinski definition) is 0. The Morgan fingerprint density at radius 2 is 1.39 bits per heavy atom. The molecule has 0 radical (unpaired) electrons. The van der Waals surface area contributed by atoms with Gasteiger partial charge in [0.1, 0.15) is 17.9 Å². The van der Waals surface area contributed by atoms with E-state index in [0.29, 0.717) is 27.2 Å². The molecule has 1 heterocycles. The quantitative estimate of drug-likeness (QED) is 0.279. The van der Waals surface area contributed by atoms with Crippen LogP contribution in [0.15, 0.2) is 88.9 Å². The number of barbiturate groups is 1. The highest BCUT2D eigenvalue weighted by Gasteiger charge is 2.43. The summed E-state index contributed by atoms with van der Waals surface area (Å²) in [7, 11) is 0. The maximum Gasteiger partial charge on any atom is 0.343 e. The number of amides is 4. The van der Waals surface area contributed by atoms with E-state index in [9.17, 15) is 14.4 Å². The van der Waals surface area contributed by atoms with Crippen molar-refractivity contribution in [2.45, 2.75) is 0 Å². The number of imide groups is 2. The van der Waals surface area contributed by atoms with Gasteiger partial charge in [0.2, 0.25) is 0 Å². The number of ether oxygens (including phenoxy) is 1. The average molecular weight is 501 g/mol. The zero-order valence-electron chi connectivity index (χ0n) is 17.3. The summed E-state index contributed by atoms with van der Waals surface area (Å²) < 4.78 is 6.05. The van der Waals surface area contributed by atoms with Crippen molar-refractivity contribution in [1.29, 1.82) is 0 Å². The van der Waals surface area contributed by atoms with E-state index < -0.39 is 17.8 Å². The molecule has 6 nitrogen and oxygen atoms in total. The number of urea groups is 1. The first-order chi connectivity index (χ1) is 16.0. The number of terminal acetylenes is 1. The molecule has 4 amide bonds. The summed E-state index contributed by atoms with van der Waals surface area (Å²) in [5.74, 6) is 1.52. The molecule has 0 saturated carbocycles. The lowest BCUT2D eigenvalue weighted by Gasteiger charge is -2.33. The molecule has 3 aromatic carbocycles. The van der Waals surface area contributed by atoms with Crippen molar-refractivity contribution >= 4 is 51.2 Å². The molecule has 1 aliphatic heterocycles. The molecular formula is C26H17BrN2O4. The molecule has 0 atom stereocenters. The van der Waals surface area contributed by atoms with Gasteiger partial charge in [-0.05, 0) is 64.0 Å². The van der Waals surface area contributed by atoms with Gasteiger partial charge in [0.25, 0.3) is 11.8 Å². The number of nitrogens with zero attached hydrogens (tertiary/aromatic N) is 2. The number of halogens is 1. The molecule has 1 aliphatic rings. The zero-order valence-corrected chi connectivity index (χ0v) is 18.9. The first kappa shape index (κ1) is 22.1. The van der Waals surface area contributed by atoms with Gasteiger partial charge >= 0.3 is 6.03 Å². The molecule has 33 heavy (non-hydrogen) atoms. The molecule has 1 saturated heterocycles. The fourth-order valence-corrected chi connectivity index (χ4v) is 3.86. The third-order valence-corrected chi connectivity index (χ3v) is 5.48. The zero-order chi connectivity index (χ0) is 23.4. The molecule has 162 valence electrons. The lowest BCUT2D eigenvalue weighted by molar-refractivity contribution is -0.121. The summed E-state index contributed by atoms with van der Waals surface area (Å²) >= 11 is 3.41. The molecule has 0 bridgehead atoms. The molecular weight excluding hydrogens is 484 g/mol. The second-order valence-electron chi connectivity index (χ2n) is 6.98. The van der Waals surface area contributed by atoms with Crippen LogP contribution < -0.4 is 14.5 Å². The van der Waals surface area contributed by atoms with Crippen LogP contribution in [0.25, 0.3) is 6.08 Å². The van der Waals surface area contributed by atoms with Crippen LogP contribution in [0.1, 0.15) is 5.56 Å². The van der Waals surface area contributed by atoms with Crippen LogP contribution >= 0.6 is 15.9 Å². The molecule has 0 N–H and O–H groups in total. The lowest BCUT2D eigenvalue weighted by atomic mass is 10.0. The Hall–Kier alpha value is -4.15. The van der Waals surface area contributed by atoms with Crippen molar-refractivity contribution in [1.82, 2.24) is 0 Å². The number of carbonyl (C=O) groups is 3. The van der Waals surface area contributed by atoms with E-state index in [2.05, 4.69) is 21.9 Å². The molecule has 4 rings (SSSR count). The second-order valence-corrected chi connectivity index (χ2v) is 7.83. The van der Waals surface area contributed by atoms with Crippen LogP contribution in [0.2, 0.25) is 0 Å². The molecule has 0 aromatic heterocycles. The number of rotatable bonds is 5. The predicted octanol–water partition coefficient (Wildman–Crippen LogP) is 5.04. The Balaban J connectivity index is 1.80. The van der Waals surface area contributed by atoms with Gasteiger partial charge < -0.3 is 4.74 Å². The maximum absolute atomic E-state index is 13.4. The van der Waals surface area contributed by atoms with E-state index in [1.54, 1.807) is 78.9 Å². The van der Waals surface area contributed by atoms with Crippen molar-refractivity contribution in [3.8, 4) is 18.1 Å². The number of para-hydroxylation sites is 2. The largest absolute Gasteiger partial charge is 0.480 e. The van der Waals surface area contributed by atoms with Crippen molar-refractivity contribution in [3.05, 3.63) is 94.5 Å². The summed E-state index contributed by atoms with van der Waals surface area (Å²) in [6, 6.07) is 21.3. The van der Waals surface area contributed by atoms with Crippen LogP contribution in [-0.2, 0) is 9.59 Å². The molecule has 7 heteroatoms. The van der Waals surface area contributed by atoms with Gasteiger partial charge in [-0.25, -0.2) is 14.6 Å².